The quantitative estimate of drug-likeness (QED) is 0.782. The van der Waals surface area contributed by atoms with Crippen LogP contribution in [0.5, 0.6) is 11.5 Å². The summed E-state index contributed by atoms with van der Waals surface area (Å²) in [7, 11) is 5.33. The Morgan fingerprint density at radius 1 is 1.25 bits per heavy atom. The van der Waals surface area contributed by atoms with Gasteiger partial charge in [0.05, 0.1) is 14.2 Å². The molecule has 0 aliphatic heterocycles. The summed E-state index contributed by atoms with van der Waals surface area (Å²) in [6.07, 6.45) is 1.82. The number of benzene rings is 1. The van der Waals surface area contributed by atoms with Gasteiger partial charge in [-0.15, -0.1) is 0 Å². The molecule has 20 heavy (non-hydrogen) atoms. The highest BCUT2D eigenvalue weighted by Crippen LogP contribution is 2.35. The van der Waals surface area contributed by atoms with E-state index < -0.39 is 0 Å². The minimum Gasteiger partial charge on any atom is -0.493 e. The van der Waals surface area contributed by atoms with Crippen LogP contribution in [0.3, 0.4) is 0 Å². The number of aromatic nitrogens is 1. The van der Waals surface area contributed by atoms with E-state index in [0.29, 0.717) is 11.8 Å². The molecule has 5 heteroatoms. The van der Waals surface area contributed by atoms with E-state index in [4.69, 9.17) is 9.47 Å². The molecule has 1 aromatic carbocycles. The molecule has 0 bridgehead atoms. The van der Waals surface area contributed by atoms with Crippen LogP contribution in [0.25, 0.3) is 10.8 Å². The number of nitrogens with zero attached hydrogens (tertiary/aromatic N) is 2. The maximum Gasteiger partial charge on any atom is 0.161 e. The molecule has 2 rings (SSSR count). The fourth-order valence-corrected chi connectivity index (χ4v) is 2.51. The Hall–Kier alpha value is -1.49. The van der Waals surface area contributed by atoms with E-state index in [1.54, 1.807) is 14.2 Å². The standard InChI is InChI=1S/C15H19BrN2O2/c1-10(9-16)18(2)15-12-8-14(20-4)13(19-3)7-11(12)5-6-17-15/h5-8,10H,9H2,1-4H3. The van der Waals surface area contributed by atoms with Crippen molar-refractivity contribution in [2.45, 2.75) is 13.0 Å². The zero-order valence-electron chi connectivity index (χ0n) is 12.2. The summed E-state index contributed by atoms with van der Waals surface area (Å²) in [4.78, 5) is 6.67. The van der Waals surface area contributed by atoms with Gasteiger partial charge in [-0.25, -0.2) is 4.98 Å². The number of halogens is 1. The normalized spacial score (nSPS) is 12.2. The largest absolute Gasteiger partial charge is 0.493 e. The predicted molar refractivity (Wildman–Crippen MR) is 86.5 cm³/mol. The molecule has 0 spiro atoms. The highest BCUT2D eigenvalue weighted by Gasteiger charge is 2.15. The monoisotopic (exact) mass is 338 g/mol. The zero-order valence-corrected chi connectivity index (χ0v) is 13.8. The second-order valence-corrected chi connectivity index (χ2v) is 5.32. The van der Waals surface area contributed by atoms with Crippen LogP contribution < -0.4 is 14.4 Å². The first-order valence-corrected chi connectivity index (χ1v) is 7.54. The first kappa shape index (κ1) is 14.9. The minimum absolute atomic E-state index is 0.348. The summed E-state index contributed by atoms with van der Waals surface area (Å²) in [6.45, 7) is 2.15. The summed E-state index contributed by atoms with van der Waals surface area (Å²) in [6, 6.07) is 6.29. The Balaban J connectivity index is 2.62. The van der Waals surface area contributed by atoms with Crippen molar-refractivity contribution in [3.8, 4) is 11.5 Å². The maximum atomic E-state index is 5.39. The number of anilines is 1. The van der Waals surface area contributed by atoms with Crippen molar-refractivity contribution in [3.63, 3.8) is 0 Å². The van der Waals surface area contributed by atoms with E-state index in [1.165, 1.54) is 0 Å². The second kappa shape index (κ2) is 6.31. The Bertz CT molecular complexity index is 604. The van der Waals surface area contributed by atoms with E-state index in [-0.39, 0.29) is 0 Å². The molecule has 1 unspecified atom stereocenters. The van der Waals surface area contributed by atoms with Crippen LogP contribution in [0.1, 0.15) is 6.92 Å². The summed E-state index contributed by atoms with van der Waals surface area (Å²) in [5.74, 6) is 2.39. The van der Waals surface area contributed by atoms with Gasteiger partial charge in [-0.2, -0.15) is 0 Å². The van der Waals surface area contributed by atoms with Crippen LogP contribution in [0.2, 0.25) is 0 Å². The van der Waals surface area contributed by atoms with Crippen molar-refractivity contribution in [2.75, 3.05) is 31.5 Å². The molecule has 0 saturated heterocycles. The van der Waals surface area contributed by atoms with E-state index in [9.17, 15) is 0 Å². The maximum absolute atomic E-state index is 5.39. The Morgan fingerprint density at radius 3 is 2.50 bits per heavy atom. The van der Waals surface area contributed by atoms with Crippen LogP contribution >= 0.6 is 15.9 Å². The lowest BCUT2D eigenvalue weighted by Crippen LogP contribution is -2.30. The summed E-state index contributed by atoms with van der Waals surface area (Å²) in [5.41, 5.74) is 0. The molecule has 1 atom stereocenters. The van der Waals surface area contributed by atoms with Gasteiger partial charge in [0.2, 0.25) is 0 Å². The number of pyridine rings is 1. The number of methoxy groups -OCH3 is 2. The van der Waals surface area contributed by atoms with Crippen LogP contribution in [-0.4, -0.2) is 37.6 Å². The predicted octanol–water partition coefficient (Wildman–Crippen LogP) is 3.47. The van der Waals surface area contributed by atoms with Gasteiger partial charge >= 0.3 is 0 Å². The highest BCUT2D eigenvalue weighted by molar-refractivity contribution is 9.09. The lowest BCUT2D eigenvalue weighted by Gasteiger charge is -2.25. The molecule has 1 heterocycles. The van der Waals surface area contributed by atoms with Crippen molar-refractivity contribution in [3.05, 3.63) is 24.4 Å². The van der Waals surface area contributed by atoms with Gasteiger partial charge in [0.25, 0.3) is 0 Å². The van der Waals surface area contributed by atoms with Crippen LogP contribution in [0, 0.1) is 0 Å². The van der Waals surface area contributed by atoms with Crippen LogP contribution in [0.15, 0.2) is 24.4 Å². The Labute approximate surface area is 127 Å². The third-order valence-electron chi connectivity index (χ3n) is 3.47. The van der Waals surface area contributed by atoms with Gasteiger partial charge in [-0.05, 0) is 30.5 Å². The smallest absolute Gasteiger partial charge is 0.161 e. The first-order chi connectivity index (χ1) is 9.62. The first-order valence-electron chi connectivity index (χ1n) is 6.42. The molecular formula is C15H19BrN2O2. The molecule has 4 nitrogen and oxygen atoms in total. The number of fused-ring (bicyclic) bond motifs is 1. The summed E-state index contributed by atoms with van der Waals surface area (Å²) >= 11 is 3.51. The highest BCUT2D eigenvalue weighted by atomic mass is 79.9. The summed E-state index contributed by atoms with van der Waals surface area (Å²) < 4.78 is 10.7. The van der Waals surface area contributed by atoms with E-state index in [2.05, 4.69) is 32.7 Å². The molecule has 0 radical (unpaired) electrons. The molecule has 1 aromatic heterocycles. The van der Waals surface area contributed by atoms with Crippen molar-refractivity contribution in [1.29, 1.82) is 0 Å². The van der Waals surface area contributed by atoms with Gasteiger partial charge < -0.3 is 14.4 Å². The van der Waals surface area contributed by atoms with Gasteiger partial charge in [0, 0.05) is 30.0 Å². The lowest BCUT2D eigenvalue weighted by molar-refractivity contribution is 0.356. The van der Waals surface area contributed by atoms with Crippen LogP contribution in [0.4, 0.5) is 5.82 Å². The number of ether oxygens (including phenoxy) is 2. The van der Waals surface area contributed by atoms with Crippen molar-refractivity contribution in [2.24, 2.45) is 0 Å². The molecule has 0 N–H and O–H groups in total. The third-order valence-corrected chi connectivity index (χ3v) is 4.40. The van der Waals surface area contributed by atoms with Crippen molar-refractivity contribution >= 4 is 32.5 Å². The zero-order chi connectivity index (χ0) is 14.7. The van der Waals surface area contributed by atoms with Gasteiger partial charge in [0.1, 0.15) is 5.82 Å². The van der Waals surface area contributed by atoms with Crippen LogP contribution in [-0.2, 0) is 0 Å². The van der Waals surface area contributed by atoms with E-state index in [1.807, 2.05) is 31.4 Å². The van der Waals surface area contributed by atoms with E-state index >= 15 is 0 Å². The molecule has 0 amide bonds. The third kappa shape index (κ3) is 2.68. The fraction of sp³-hybridized carbons (Fsp3) is 0.400. The number of hydrogen-bond acceptors (Lipinski definition) is 4. The number of rotatable bonds is 5. The number of hydrogen-bond donors (Lipinski definition) is 0. The SMILES string of the molecule is COc1cc2ccnc(N(C)C(C)CBr)c2cc1OC. The average molecular weight is 339 g/mol. The lowest BCUT2D eigenvalue weighted by atomic mass is 10.1. The Kier molecular flexibility index (Phi) is 4.70. The topological polar surface area (TPSA) is 34.6 Å². The summed E-state index contributed by atoms with van der Waals surface area (Å²) in [5, 5.41) is 3.02. The van der Waals surface area contributed by atoms with Gasteiger partial charge in [0.15, 0.2) is 11.5 Å². The van der Waals surface area contributed by atoms with Crippen molar-refractivity contribution in [1.82, 2.24) is 4.98 Å². The fourth-order valence-electron chi connectivity index (χ4n) is 2.08. The van der Waals surface area contributed by atoms with Gasteiger partial charge in [-0.3, -0.25) is 0 Å². The molecule has 0 aliphatic rings. The molecule has 0 saturated carbocycles. The van der Waals surface area contributed by atoms with E-state index in [0.717, 1.165) is 27.7 Å². The average Bonchev–Trinajstić information content (AvgIpc) is 2.51. The molecule has 108 valence electrons. The molecule has 0 aliphatic carbocycles. The molecular weight excluding hydrogens is 320 g/mol. The number of alkyl halides is 1. The second-order valence-electron chi connectivity index (χ2n) is 4.68. The Morgan fingerprint density at radius 2 is 1.90 bits per heavy atom. The van der Waals surface area contributed by atoms with Crippen molar-refractivity contribution < 1.29 is 9.47 Å². The molecule has 2 aromatic rings. The van der Waals surface area contributed by atoms with Gasteiger partial charge in [-0.1, -0.05) is 15.9 Å². The minimum atomic E-state index is 0.348. The molecule has 0 fully saturated rings.